The molecule has 0 bridgehead atoms. The zero-order chi connectivity index (χ0) is 22.1. The highest BCUT2D eigenvalue weighted by Gasteiger charge is 2.33. The van der Waals surface area contributed by atoms with Crippen LogP contribution < -0.4 is 16.0 Å². The zero-order valence-electron chi connectivity index (χ0n) is 16.7. The molecule has 0 radical (unpaired) electrons. The molecular formula is C21H24F4N4O. The standard InChI is InChI=1S/C21H24F4N4O/c1-3-4-19(30)29-17-9-5-14(6-10-17)12-27-20(26-2)28-13-15-7-8-16(22)11-18(15)21(23,24)25/h5-11H,3-4,12-13H2,1-2H3,(H,29,30)(H2,26,27,28). The van der Waals surface area contributed by atoms with Crippen molar-refractivity contribution in [1.82, 2.24) is 10.6 Å². The molecule has 0 saturated heterocycles. The van der Waals surface area contributed by atoms with Gasteiger partial charge in [0, 0.05) is 32.2 Å². The summed E-state index contributed by atoms with van der Waals surface area (Å²) in [7, 11) is 1.50. The van der Waals surface area contributed by atoms with Gasteiger partial charge in [0.05, 0.1) is 5.56 Å². The van der Waals surface area contributed by atoms with Crippen molar-refractivity contribution in [2.24, 2.45) is 4.99 Å². The lowest BCUT2D eigenvalue weighted by Gasteiger charge is -2.16. The van der Waals surface area contributed by atoms with Gasteiger partial charge in [0.15, 0.2) is 5.96 Å². The number of nitrogens with one attached hydrogen (secondary N) is 3. The number of guanidine groups is 1. The lowest BCUT2D eigenvalue weighted by Crippen LogP contribution is -2.36. The number of amides is 1. The van der Waals surface area contributed by atoms with E-state index in [-0.39, 0.29) is 18.0 Å². The van der Waals surface area contributed by atoms with Crippen LogP contribution in [0.2, 0.25) is 0 Å². The Morgan fingerprint density at radius 3 is 2.30 bits per heavy atom. The molecular weight excluding hydrogens is 400 g/mol. The predicted octanol–water partition coefficient (Wildman–Crippen LogP) is 4.45. The quantitative estimate of drug-likeness (QED) is 0.350. The minimum absolute atomic E-state index is 0.0491. The fourth-order valence-electron chi connectivity index (χ4n) is 2.71. The van der Waals surface area contributed by atoms with E-state index in [1.165, 1.54) is 7.05 Å². The number of hydrogen-bond acceptors (Lipinski definition) is 2. The Hall–Kier alpha value is -3.10. The van der Waals surface area contributed by atoms with Crippen LogP contribution in [0, 0.1) is 5.82 Å². The van der Waals surface area contributed by atoms with Crippen LogP contribution in [0.15, 0.2) is 47.5 Å². The van der Waals surface area contributed by atoms with E-state index in [0.29, 0.717) is 30.7 Å². The van der Waals surface area contributed by atoms with Crippen LogP contribution in [0.1, 0.15) is 36.5 Å². The van der Waals surface area contributed by atoms with Crippen LogP contribution in [0.3, 0.4) is 0 Å². The topological polar surface area (TPSA) is 65.5 Å². The largest absolute Gasteiger partial charge is 0.416 e. The van der Waals surface area contributed by atoms with Crippen molar-refractivity contribution in [3.63, 3.8) is 0 Å². The van der Waals surface area contributed by atoms with Gasteiger partial charge in [-0.1, -0.05) is 25.1 Å². The second-order valence-electron chi connectivity index (χ2n) is 6.57. The molecule has 1 amide bonds. The van der Waals surface area contributed by atoms with E-state index in [2.05, 4.69) is 20.9 Å². The molecule has 0 spiro atoms. The molecule has 3 N–H and O–H groups in total. The Morgan fingerprint density at radius 1 is 1.03 bits per heavy atom. The highest BCUT2D eigenvalue weighted by molar-refractivity contribution is 5.90. The van der Waals surface area contributed by atoms with Crippen LogP contribution in [-0.4, -0.2) is 18.9 Å². The molecule has 2 aromatic rings. The van der Waals surface area contributed by atoms with Crippen molar-refractivity contribution in [3.8, 4) is 0 Å². The van der Waals surface area contributed by atoms with Crippen LogP contribution in [0.4, 0.5) is 23.2 Å². The second-order valence-corrected chi connectivity index (χ2v) is 6.57. The molecule has 0 fully saturated rings. The van der Waals surface area contributed by atoms with E-state index in [4.69, 9.17) is 0 Å². The fourth-order valence-corrected chi connectivity index (χ4v) is 2.71. The maximum atomic E-state index is 13.2. The Labute approximate surface area is 172 Å². The normalized spacial score (nSPS) is 11.9. The number of hydrogen-bond donors (Lipinski definition) is 3. The number of aliphatic imine (C=N–C) groups is 1. The van der Waals surface area contributed by atoms with Gasteiger partial charge in [-0.2, -0.15) is 13.2 Å². The number of benzene rings is 2. The van der Waals surface area contributed by atoms with Crippen molar-refractivity contribution in [1.29, 1.82) is 0 Å². The van der Waals surface area contributed by atoms with Crippen molar-refractivity contribution < 1.29 is 22.4 Å². The zero-order valence-corrected chi connectivity index (χ0v) is 16.7. The Bertz CT molecular complexity index is 880. The molecule has 0 aliphatic carbocycles. The SMILES string of the molecule is CCCC(=O)Nc1ccc(CNC(=NC)NCc2ccc(F)cc2C(F)(F)F)cc1. The molecule has 9 heteroatoms. The number of nitrogens with zero attached hydrogens (tertiary/aromatic N) is 1. The first-order valence-electron chi connectivity index (χ1n) is 9.42. The van der Waals surface area contributed by atoms with Crippen molar-refractivity contribution in [2.45, 2.75) is 39.0 Å². The molecule has 0 unspecified atom stereocenters. The average Bonchev–Trinajstić information content (AvgIpc) is 2.69. The number of anilines is 1. The van der Waals surface area contributed by atoms with E-state index in [1.54, 1.807) is 12.1 Å². The summed E-state index contributed by atoms with van der Waals surface area (Å²) in [5, 5.41) is 8.59. The van der Waals surface area contributed by atoms with E-state index in [9.17, 15) is 22.4 Å². The number of rotatable bonds is 7. The van der Waals surface area contributed by atoms with Gasteiger partial charge in [-0.05, 0) is 41.8 Å². The summed E-state index contributed by atoms with van der Waals surface area (Å²) < 4.78 is 52.5. The Morgan fingerprint density at radius 2 is 1.70 bits per heavy atom. The van der Waals surface area contributed by atoms with Crippen LogP contribution in [0.25, 0.3) is 0 Å². The smallest absolute Gasteiger partial charge is 0.352 e. The fraction of sp³-hybridized carbons (Fsp3) is 0.333. The molecule has 30 heavy (non-hydrogen) atoms. The van der Waals surface area contributed by atoms with E-state index in [0.717, 1.165) is 24.1 Å². The van der Waals surface area contributed by atoms with Gasteiger partial charge < -0.3 is 16.0 Å². The van der Waals surface area contributed by atoms with Gasteiger partial charge in [0.2, 0.25) is 5.91 Å². The minimum atomic E-state index is -4.65. The first-order chi connectivity index (χ1) is 14.2. The van der Waals surface area contributed by atoms with Crippen LogP contribution in [0.5, 0.6) is 0 Å². The maximum Gasteiger partial charge on any atom is 0.416 e. The summed E-state index contributed by atoms with van der Waals surface area (Å²) in [6, 6.07) is 9.76. The van der Waals surface area contributed by atoms with Crippen LogP contribution >= 0.6 is 0 Å². The number of carbonyl (C=O) groups is 1. The van der Waals surface area contributed by atoms with E-state index >= 15 is 0 Å². The van der Waals surface area contributed by atoms with E-state index in [1.807, 2.05) is 19.1 Å². The van der Waals surface area contributed by atoms with Gasteiger partial charge in [-0.15, -0.1) is 0 Å². The number of halogens is 4. The second kappa shape index (κ2) is 10.6. The summed E-state index contributed by atoms with van der Waals surface area (Å²) in [6.07, 6.45) is -3.43. The highest BCUT2D eigenvalue weighted by Crippen LogP contribution is 2.32. The summed E-state index contributed by atoms with van der Waals surface area (Å²) in [5.74, 6) is -0.692. The Kier molecular flexibility index (Phi) is 8.20. The monoisotopic (exact) mass is 424 g/mol. The molecule has 0 heterocycles. The van der Waals surface area contributed by atoms with Crippen molar-refractivity contribution in [2.75, 3.05) is 12.4 Å². The first-order valence-corrected chi connectivity index (χ1v) is 9.42. The molecule has 2 aromatic carbocycles. The maximum absolute atomic E-state index is 13.2. The van der Waals surface area contributed by atoms with Gasteiger partial charge in [-0.3, -0.25) is 9.79 Å². The molecule has 0 aromatic heterocycles. The molecule has 0 saturated carbocycles. The van der Waals surface area contributed by atoms with Crippen molar-refractivity contribution >= 4 is 17.6 Å². The minimum Gasteiger partial charge on any atom is -0.352 e. The van der Waals surface area contributed by atoms with Crippen molar-refractivity contribution in [3.05, 3.63) is 65.0 Å². The highest BCUT2D eigenvalue weighted by atomic mass is 19.4. The molecule has 0 atom stereocenters. The predicted molar refractivity (Wildman–Crippen MR) is 108 cm³/mol. The average molecular weight is 424 g/mol. The van der Waals surface area contributed by atoms with Gasteiger partial charge in [-0.25, -0.2) is 4.39 Å². The molecule has 162 valence electrons. The summed E-state index contributed by atoms with van der Waals surface area (Å²) in [5.41, 5.74) is 0.477. The third-order valence-electron chi connectivity index (χ3n) is 4.22. The van der Waals surface area contributed by atoms with Gasteiger partial charge >= 0.3 is 6.18 Å². The Balaban J connectivity index is 1.92. The third-order valence-corrected chi connectivity index (χ3v) is 4.22. The van der Waals surface area contributed by atoms with Crippen LogP contribution in [-0.2, 0) is 24.1 Å². The molecule has 5 nitrogen and oxygen atoms in total. The summed E-state index contributed by atoms with van der Waals surface area (Å²) in [4.78, 5) is 15.6. The summed E-state index contributed by atoms with van der Waals surface area (Å²) >= 11 is 0. The first kappa shape index (κ1) is 23.2. The third kappa shape index (κ3) is 7.06. The van der Waals surface area contributed by atoms with E-state index < -0.39 is 17.6 Å². The lowest BCUT2D eigenvalue weighted by atomic mass is 10.1. The molecule has 0 aliphatic heterocycles. The van der Waals surface area contributed by atoms with Gasteiger partial charge in [0.25, 0.3) is 0 Å². The number of alkyl halides is 3. The molecule has 0 aliphatic rings. The summed E-state index contributed by atoms with van der Waals surface area (Å²) in [6.45, 7) is 2.13. The molecule has 2 rings (SSSR count). The number of carbonyl (C=O) groups excluding carboxylic acids is 1. The van der Waals surface area contributed by atoms with Gasteiger partial charge in [0.1, 0.15) is 5.82 Å². The lowest BCUT2D eigenvalue weighted by molar-refractivity contribution is -0.138.